The number of ether oxygens (including phenoxy) is 2. The van der Waals surface area contributed by atoms with Gasteiger partial charge in [0.05, 0.1) is 19.3 Å². The number of carbonyl (C=O) groups excluding carboxylic acids is 4. The van der Waals surface area contributed by atoms with Crippen molar-refractivity contribution >= 4 is 35.4 Å². The largest absolute Gasteiger partial charge is 0.453 e. The van der Waals surface area contributed by atoms with E-state index in [2.05, 4.69) is 20.7 Å². The highest BCUT2D eigenvalue weighted by atomic mass is 16.6. The molecule has 1 aliphatic carbocycles. The predicted molar refractivity (Wildman–Crippen MR) is 140 cm³/mol. The van der Waals surface area contributed by atoms with Gasteiger partial charge in [-0.05, 0) is 68.5 Å². The minimum Gasteiger partial charge on any atom is -0.453 e. The van der Waals surface area contributed by atoms with Crippen LogP contribution in [0.2, 0.25) is 0 Å². The lowest BCUT2D eigenvalue weighted by Crippen LogP contribution is -2.57. The Balaban J connectivity index is 1.33. The van der Waals surface area contributed by atoms with Crippen LogP contribution in [0.1, 0.15) is 53.6 Å². The summed E-state index contributed by atoms with van der Waals surface area (Å²) in [5.41, 5.74) is 2.56. The fourth-order valence-corrected chi connectivity index (χ4v) is 5.27. The van der Waals surface area contributed by atoms with Gasteiger partial charge in [-0.3, -0.25) is 20.2 Å². The molecule has 0 aromatic heterocycles. The molecular formula is C28H32N4O6. The molecular weight excluding hydrogens is 488 g/mol. The Bertz CT molecular complexity index is 1260. The maximum absolute atomic E-state index is 13.8. The fraction of sp³-hybridized carbons (Fsp3) is 0.429. The number of hydrogen-bond acceptors (Lipinski definition) is 6. The van der Waals surface area contributed by atoms with Crippen molar-refractivity contribution in [3.63, 3.8) is 0 Å². The molecule has 200 valence electrons. The number of aryl methyl sites for hydroxylation is 1. The SMILES string of the molecule is COC(=O)Nc1ccc(C(=O)N[C@@H](CC2CC2)C(=O)N2CCC[C@@]3(C2)OC(=O)Nc2ccc(C)cc23)cc1. The Kier molecular flexibility index (Phi) is 6.96. The van der Waals surface area contributed by atoms with E-state index in [4.69, 9.17) is 4.74 Å². The van der Waals surface area contributed by atoms with Crippen LogP contribution in [-0.2, 0) is 19.9 Å². The summed E-state index contributed by atoms with van der Waals surface area (Å²) >= 11 is 0. The molecule has 4 amide bonds. The van der Waals surface area contributed by atoms with Crippen LogP contribution < -0.4 is 16.0 Å². The van der Waals surface area contributed by atoms with Gasteiger partial charge >= 0.3 is 12.2 Å². The lowest BCUT2D eigenvalue weighted by molar-refractivity contribution is -0.141. The van der Waals surface area contributed by atoms with Gasteiger partial charge in [-0.15, -0.1) is 0 Å². The Morgan fingerprint density at radius 3 is 2.66 bits per heavy atom. The normalized spacial score (nSPS) is 21.0. The molecule has 2 atom stereocenters. The third-order valence-electron chi connectivity index (χ3n) is 7.41. The van der Waals surface area contributed by atoms with E-state index in [0.29, 0.717) is 48.7 Å². The van der Waals surface area contributed by atoms with Gasteiger partial charge in [-0.1, -0.05) is 24.5 Å². The minimum absolute atomic E-state index is 0.169. The van der Waals surface area contributed by atoms with E-state index in [1.807, 2.05) is 25.1 Å². The summed E-state index contributed by atoms with van der Waals surface area (Å²) < 4.78 is 10.5. The summed E-state index contributed by atoms with van der Waals surface area (Å²) in [6.07, 6.45) is 2.79. The quantitative estimate of drug-likeness (QED) is 0.525. The van der Waals surface area contributed by atoms with E-state index in [0.717, 1.165) is 24.0 Å². The zero-order valence-corrected chi connectivity index (χ0v) is 21.5. The van der Waals surface area contributed by atoms with Crippen LogP contribution in [0.25, 0.3) is 0 Å². The summed E-state index contributed by atoms with van der Waals surface area (Å²) in [5.74, 6) is -0.138. The molecule has 0 bridgehead atoms. The molecule has 2 heterocycles. The number of likely N-dealkylation sites (tertiary alicyclic amines) is 1. The highest BCUT2D eigenvalue weighted by Gasteiger charge is 2.47. The van der Waals surface area contributed by atoms with Crippen LogP contribution in [0.3, 0.4) is 0 Å². The second-order valence-electron chi connectivity index (χ2n) is 10.3. The first kappa shape index (κ1) is 25.6. The van der Waals surface area contributed by atoms with Crippen molar-refractivity contribution in [2.45, 2.75) is 50.7 Å². The van der Waals surface area contributed by atoms with E-state index in [1.165, 1.54) is 7.11 Å². The molecule has 1 saturated carbocycles. The first-order valence-electron chi connectivity index (χ1n) is 12.9. The average Bonchev–Trinajstić information content (AvgIpc) is 3.73. The number of nitrogens with zero attached hydrogens (tertiary/aromatic N) is 1. The van der Waals surface area contributed by atoms with Crippen molar-refractivity contribution in [3.8, 4) is 0 Å². The van der Waals surface area contributed by atoms with Gasteiger partial charge in [0.1, 0.15) is 6.04 Å². The maximum atomic E-state index is 13.8. The van der Waals surface area contributed by atoms with Crippen molar-refractivity contribution in [3.05, 3.63) is 59.2 Å². The maximum Gasteiger partial charge on any atom is 0.412 e. The van der Waals surface area contributed by atoms with E-state index in [1.54, 1.807) is 29.2 Å². The zero-order valence-electron chi connectivity index (χ0n) is 21.5. The molecule has 2 fully saturated rings. The minimum atomic E-state index is -0.922. The molecule has 3 N–H and O–H groups in total. The number of hydrogen-bond donors (Lipinski definition) is 3. The summed E-state index contributed by atoms with van der Waals surface area (Å²) in [7, 11) is 1.27. The molecule has 10 heteroatoms. The molecule has 10 nitrogen and oxygen atoms in total. The molecule has 0 radical (unpaired) electrons. The number of anilines is 2. The van der Waals surface area contributed by atoms with Crippen LogP contribution in [-0.4, -0.2) is 55.1 Å². The Morgan fingerprint density at radius 2 is 1.95 bits per heavy atom. The molecule has 2 aromatic rings. The third-order valence-corrected chi connectivity index (χ3v) is 7.41. The van der Waals surface area contributed by atoms with Gasteiger partial charge in [-0.2, -0.15) is 0 Å². The standard InChI is InChI=1S/C28H32N4O6/c1-17-4-11-22-21(14-17)28(38-27(36)31-22)12-3-13-32(16-28)25(34)23(15-18-5-6-18)30-24(33)19-7-9-20(10-8-19)29-26(35)37-2/h4,7-11,14,18,23H,3,5-6,12-13,15-16H2,1-2H3,(H,29,35)(H,30,33)(H,31,36)/t23-,28-/m0/s1. The number of methoxy groups -OCH3 is 1. The average molecular weight is 521 g/mol. The molecule has 2 aromatic carbocycles. The number of fused-ring (bicyclic) bond motifs is 2. The summed E-state index contributed by atoms with van der Waals surface area (Å²) in [6, 6.07) is 11.5. The van der Waals surface area contributed by atoms with Gasteiger partial charge in [0.15, 0.2) is 5.60 Å². The van der Waals surface area contributed by atoms with Crippen molar-refractivity contribution in [2.75, 3.05) is 30.8 Å². The van der Waals surface area contributed by atoms with Crippen molar-refractivity contribution in [1.82, 2.24) is 10.2 Å². The first-order valence-corrected chi connectivity index (χ1v) is 12.9. The monoisotopic (exact) mass is 520 g/mol. The Labute approximate surface area is 221 Å². The lowest BCUT2D eigenvalue weighted by atomic mass is 9.82. The van der Waals surface area contributed by atoms with Crippen LogP contribution in [0.15, 0.2) is 42.5 Å². The number of benzene rings is 2. The summed E-state index contributed by atoms with van der Waals surface area (Å²) in [4.78, 5) is 52.5. The molecule has 5 rings (SSSR count). The molecule has 2 aliphatic heterocycles. The Morgan fingerprint density at radius 1 is 1.18 bits per heavy atom. The number of rotatable bonds is 6. The van der Waals surface area contributed by atoms with Crippen molar-refractivity contribution in [1.29, 1.82) is 0 Å². The number of piperidine rings is 1. The molecule has 1 spiro atoms. The summed E-state index contributed by atoms with van der Waals surface area (Å²) in [6.45, 7) is 2.74. The van der Waals surface area contributed by atoms with Crippen LogP contribution in [0.5, 0.6) is 0 Å². The number of amides is 4. The zero-order chi connectivity index (χ0) is 26.9. The fourth-order valence-electron chi connectivity index (χ4n) is 5.27. The van der Waals surface area contributed by atoms with Crippen LogP contribution >= 0.6 is 0 Å². The van der Waals surface area contributed by atoms with E-state index < -0.39 is 23.8 Å². The predicted octanol–water partition coefficient (Wildman–Crippen LogP) is 4.15. The van der Waals surface area contributed by atoms with E-state index in [9.17, 15) is 19.2 Å². The van der Waals surface area contributed by atoms with Gasteiger partial charge in [0, 0.05) is 23.4 Å². The highest BCUT2D eigenvalue weighted by molar-refractivity contribution is 5.98. The lowest BCUT2D eigenvalue weighted by Gasteiger charge is -2.45. The topological polar surface area (TPSA) is 126 Å². The van der Waals surface area contributed by atoms with Gasteiger partial charge in [0.2, 0.25) is 5.91 Å². The van der Waals surface area contributed by atoms with Crippen LogP contribution in [0.4, 0.5) is 21.0 Å². The number of carbonyl (C=O) groups is 4. The third kappa shape index (κ3) is 5.44. The second-order valence-corrected chi connectivity index (χ2v) is 10.3. The van der Waals surface area contributed by atoms with Gasteiger partial charge in [0.25, 0.3) is 5.91 Å². The molecule has 3 aliphatic rings. The van der Waals surface area contributed by atoms with Crippen molar-refractivity contribution in [2.24, 2.45) is 5.92 Å². The highest BCUT2D eigenvalue weighted by Crippen LogP contribution is 2.43. The van der Waals surface area contributed by atoms with Gasteiger partial charge in [-0.25, -0.2) is 9.59 Å². The Hall–Kier alpha value is -4.08. The van der Waals surface area contributed by atoms with Crippen molar-refractivity contribution < 1.29 is 28.7 Å². The smallest absolute Gasteiger partial charge is 0.412 e. The first-order chi connectivity index (χ1) is 18.3. The molecule has 1 saturated heterocycles. The summed E-state index contributed by atoms with van der Waals surface area (Å²) in [5, 5.41) is 8.25. The van der Waals surface area contributed by atoms with Crippen LogP contribution in [0, 0.1) is 12.8 Å². The molecule has 0 unspecified atom stereocenters. The second kappa shape index (κ2) is 10.4. The molecule has 38 heavy (non-hydrogen) atoms. The number of nitrogens with one attached hydrogen (secondary N) is 3. The van der Waals surface area contributed by atoms with E-state index in [-0.39, 0.29) is 18.4 Å². The van der Waals surface area contributed by atoms with E-state index >= 15 is 0 Å². The van der Waals surface area contributed by atoms with Gasteiger partial charge < -0.3 is 19.7 Å².